The molecule has 22 heavy (non-hydrogen) atoms. The van der Waals surface area contributed by atoms with Crippen LogP contribution < -0.4 is 0 Å². The second kappa shape index (κ2) is 7.18. The number of Topliss-reactive ketones (excluding diaryl/α,β-unsaturated/α-hetero) is 1. The van der Waals surface area contributed by atoms with Crippen molar-refractivity contribution >= 4 is 23.4 Å². The molecule has 0 heterocycles. The molecule has 0 aliphatic carbocycles. The van der Waals surface area contributed by atoms with Gasteiger partial charge in [0, 0.05) is 17.0 Å². The van der Waals surface area contributed by atoms with Crippen LogP contribution in [0.2, 0.25) is 5.02 Å². The van der Waals surface area contributed by atoms with Crippen molar-refractivity contribution in [3.63, 3.8) is 0 Å². The van der Waals surface area contributed by atoms with Crippen LogP contribution in [0, 0.1) is 5.82 Å². The van der Waals surface area contributed by atoms with Crippen LogP contribution in [0.25, 0.3) is 0 Å². The first kappa shape index (κ1) is 16.2. The summed E-state index contributed by atoms with van der Waals surface area (Å²) in [6, 6.07) is 12.0. The van der Waals surface area contributed by atoms with Gasteiger partial charge in [-0.1, -0.05) is 35.9 Å². The highest BCUT2D eigenvalue weighted by atomic mass is 35.5. The first-order valence-corrected chi connectivity index (χ1v) is 7.01. The SMILES string of the molecule is COC(=O)[C@@H](CC(=O)c1cccc(F)c1)c1ccc(Cl)cc1. The average molecular weight is 321 g/mol. The molecular formula is C17H14ClFO3. The Hall–Kier alpha value is -2.20. The number of methoxy groups -OCH3 is 1. The molecule has 0 saturated heterocycles. The first-order chi connectivity index (χ1) is 10.5. The van der Waals surface area contributed by atoms with Gasteiger partial charge in [0.2, 0.25) is 0 Å². The maximum atomic E-state index is 13.2. The minimum Gasteiger partial charge on any atom is -0.469 e. The summed E-state index contributed by atoms with van der Waals surface area (Å²) < 4.78 is 18.0. The number of esters is 1. The first-order valence-electron chi connectivity index (χ1n) is 6.63. The Kier molecular flexibility index (Phi) is 5.28. The minimum absolute atomic E-state index is 0.0994. The Morgan fingerprint density at radius 2 is 1.86 bits per heavy atom. The predicted octanol–water partition coefficient (Wildman–Crippen LogP) is 4.01. The van der Waals surface area contributed by atoms with E-state index in [9.17, 15) is 14.0 Å². The Bertz CT molecular complexity index is 683. The fraction of sp³-hybridized carbons (Fsp3) is 0.176. The highest BCUT2D eigenvalue weighted by Crippen LogP contribution is 2.25. The molecule has 0 N–H and O–H groups in total. The van der Waals surface area contributed by atoms with Crippen molar-refractivity contribution in [1.82, 2.24) is 0 Å². The highest BCUT2D eigenvalue weighted by molar-refractivity contribution is 6.30. The molecule has 2 aromatic rings. The molecule has 0 saturated carbocycles. The highest BCUT2D eigenvalue weighted by Gasteiger charge is 2.25. The molecule has 114 valence electrons. The van der Waals surface area contributed by atoms with E-state index in [-0.39, 0.29) is 17.8 Å². The predicted molar refractivity (Wildman–Crippen MR) is 81.6 cm³/mol. The summed E-state index contributed by atoms with van der Waals surface area (Å²) in [5, 5.41) is 0.531. The molecule has 0 aliphatic heterocycles. The molecule has 3 nitrogen and oxygen atoms in total. The van der Waals surface area contributed by atoms with Gasteiger partial charge in [-0.25, -0.2) is 4.39 Å². The number of rotatable bonds is 5. The summed E-state index contributed by atoms with van der Waals surface area (Å²) in [6.07, 6.45) is -0.0994. The quantitative estimate of drug-likeness (QED) is 0.617. The molecule has 0 unspecified atom stereocenters. The van der Waals surface area contributed by atoms with Crippen LogP contribution in [0.3, 0.4) is 0 Å². The van der Waals surface area contributed by atoms with E-state index < -0.39 is 17.7 Å². The van der Waals surface area contributed by atoms with Gasteiger partial charge in [-0.15, -0.1) is 0 Å². The third kappa shape index (κ3) is 3.92. The topological polar surface area (TPSA) is 43.4 Å². The van der Waals surface area contributed by atoms with Gasteiger partial charge in [-0.3, -0.25) is 9.59 Å². The Morgan fingerprint density at radius 1 is 1.18 bits per heavy atom. The lowest BCUT2D eigenvalue weighted by Crippen LogP contribution is -2.18. The summed E-state index contributed by atoms with van der Waals surface area (Å²) in [7, 11) is 1.26. The number of hydrogen-bond acceptors (Lipinski definition) is 3. The molecule has 0 amide bonds. The number of benzene rings is 2. The summed E-state index contributed by atoms with van der Waals surface area (Å²) in [6.45, 7) is 0. The molecule has 0 aromatic heterocycles. The zero-order valence-corrected chi connectivity index (χ0v) is 12.6. The average Bonchev–Trinajstić information content (AvgIpc) is 2.52. The molecule has 0 radical (unpaired) electrons. The van der Waals surface area contributed by atoms with Gasteiger partial charge in [-0.05, 0) is 29.8 Å². The van der Waals surface area contributed by atoms with Crippen LogP contribution in [0.1, 0.15) is 28.3 Å². The van der Waals surface area contributed by atoms with Crippen molar-refractivity contribution < 1.29 is 18.7 Å². The lowest BCUT2D eigenvalue weighted by molar-refractivity contribution is -0.142. The van der Waals surface area contributed by atoms with E-state index in [0.29, 0.717) is 10.6 Å². The monoisotopic (exact) mass is 320 g/mol. The molecular weight excluding hydrogens is 307 g/mol. The zero-order valence-electron chi connectivity index (χ0n) is 11.9. The number of hydrogen-bond donors (Lipinski definition) is 0. The van der Waals surface area contributed by atoms with E-state index in [0.717, 1.165) is 6.07 Å². The van der Waals surface area contributed by atoms with Crippen LogP contribution >= 0.6 is 11.6 Å². The minimum atomic E-state index is -0.752. The van der Waals surface area contributed by atoms with Crippen LogP contribution in [0.4, 0.5) is 4.39 Å². The maximum Gasteiger partial charge on any atom is 0.313 e. The van der Waals surface area contributed by atoms with Gasteiger partial charge in [-0.2, -0.15) is 0 Å². The van der Waals surface area contributed by atoms with E-state index in [1.807, 2.05) is 0 Å². The van der Waals surface area contributed by atoms with E-state index >= 15 is 0 Å². The molecule has 0 bridgehead atoms. The van der Waals surface area contributed by atoms with Crippen molar-refractivity contribution in [2.24, 2.45) is 0 Å². The number of carbonyl (C=O) groups excluding carboxylic acids is 2. The summed E-state index contributed by atoms with van der Waals surface area (Å²) >= 11 is 5.82. The van der Waals surface area contributed by atoms with Crippen LogP contribution in [-0.4, -0.2) is 18.9 Å². The van der Waals surface area contributed by atoms with Crippen LogP contribution in [0.5, 0.6) is 0 Å². The fourth-order valence-electron chi connectivity index (χ4n) is 2.14. The second-order valence-electron chi connectivity index (χ2n) is 4.76. The van der Waals surface area contributed by atoms with Crippen molar-refractivity contribution in [2.45, 2.75) is 12.3 Å². The van der Waals surface area contributed by atoms with Crippen molar-refractivity contribution in [3.05, 3.63) is 70.5 Å². The molecule has 2 rings (SSSR count). The third-order valence-corrected chi connectivity index (χ3v) is 3.55. The van der Waals surface area contributed by atoms with Crippen molar-refractivity contribution in [2.75, 3.05) is 7.11 Å². The molecule has 0 spiro atoms. The smallest absolute Gasteiger partial charge is 0.313 e. The lowest BCUT2D eigenvalue weighted by Gasteiger charge is -2.14. The normalized spacial score (nSPS) is 11.8. The van der Waals surface area contributed by atoms with Gasteiger partial charge in [0.15, 0.2) is 5.78 Å². The molecule has 2 aromatic carbocycles. The number of ketones is 1. The van der Waals surface area contributed by atoms with Crippen LogP contribution in [-0.2, 0) is 9.53 Å². The second-order valence-corrected chi connectivity index (χ2v) is 5.20. The molecule has 5 heteroatoms. The van der Waals surface area contributed by atoms with Gasteiger partial charge >= 0.3 is 5.97 Å². The maximum absolute atomic E-state index is 13.2. The summed E-state index contributed by atoms with van der Waals surface area (Å²) in [5.74, 6) is -2.10. The van der Waals surface area contributed by atoms with E-state index in [4.69, 9.17) is 16.3 Å². The number of halogens is 2. The molecule has 1 atom stereocenters. The number of ether oxygens (including phenoxy) is 1. The molecule has 0 aliphatic rings. The Balaban J connectivity index is 2.25. The fourth-order valence-corrected chi connectivity index (χ4v) is 2.27. The van der Waals surface area contributed by atoms with E-state index in [1.165, 1.54) is 25.3 Å². The molecule has 0 fully saturated rings. The van der Waals surface area contributed by atoms with Crippen molar-refractivity contribution in [1.29, 1.82) is 0 Å². The summed E-state index contributed by atoms with van der Waals surface area (Å²) in [5.41, 5.74) is 0.851. The standard InChI is InChI=1S/C17H14ClFO3/c1-22-17(21)15(11-5-7-13(18)8-6-11)10-16(20)12-3-2-4-14(19)9-12/h2-9,15H,10H2,1H3/t15-/m0/s1. The summed E-state index contributed by atoms with van der Waals surface area (Å²) in [4.78, 5) is 24.2. The lowest BCUT2D eigenvalue weighted by atomic mass is 9.91. The Labute approximate surface area is 132 Å². The third-order valence-electron chi connectivity index (χ3n) is 3.29. The van der Waals surface area contributed by atoms with E-state index in [1.54, 1.807) is 24.3 Å². The van der Waals surface area contributed by atoms with E-state index in [2.05, 4.69) is 0 Å². The van der Waals surface area contributed by atoms with Gasteiger partial charge in [0.25, 0.3) is 0 Å². The number of carbonyl (C=O) groups is 2. The van der Waals surface area contributed by atoms with Crippen molar-refractivity contribution in [3.8, 4) is 0 Å². The van der Waals surface area contributed by atoms with Gasteiger partial charge in [0.1, 0.15) is 5.82 Å². The largest absolute Gasteiger partial charge is 0.469 e. The van der Waals surface area contributed by atoms with Crippen LogP contribution in [0.15, 0.2) is 48.5 Å². The van der Waals surface area contributed by atoms with Gasteiger partial charge in [0.05, 0.1) is 13.0 Å². The van der Waals surface area contributed by atoms with Gasteiger partial charge < -0.3 is 4.74 Å². The Morgan fingerprint density at radius 3 is 2.45 bits per heavy atom. The zero-order chi connectivity index (χ0) is 16.1.